The summed E-state index contributed by atoms with van der Waals surface area (Å²) in [5.74, 6) is 3.29. The number of aromatic nitrogens is 7. The summed E-state index contributed by atoms with van der Waals surface area (Å²) in [6.45, 7) is 12.1. The van der Waals surface area contributed by atoms with Crippen LogP contribution in [0.3, 0.4) is 0 Å². The largest absolute Gasteiger partial charge is 0.484 e. The lowest BCUT2D eigenvalue weighted by Crippen LogP contribution is -2.44. The number of hydrogen-bond acceptors (Lipinski definition) is 9. The van der Waals surface area contributed by atoms with Crippen LogP contribution in [-0.2, 0) is 12.0 Å². The fourth-order valence-corrected chi connectivity index (χ4v) is 7.17. The second-order valence-corrected chi connectivity index (χ2v) is 14.3. The van der Waals surface area contributed by atoms with E-state index in [1.807, 2.05) is 29.1 Å². The van der Waals surface area contributed by atoms with Crippen LogP contribution in [0.25, 0.3) is 11.5 Å². The monoisotopic (exact) mass is 652 g/mol. The van der Waals surface area contributed by atoms with E-state index in [1.54, 1.807) is 4.68 Å². The molecule has 1 saturated heterocycles. The first-order valence-electron chi connectivity index (χ1n) is 17.3. The Bertz CT molecular complexity index is 1840. The van der Waals surface area contributed by atoms with Gasteiger partial charge in [-0.3, -0.25) is 14.4 Å². The molecule has 5 heterocycles. The number of ether oxygens (including phenoxy) is 1. The second kappa shape index (κ2) is 13.2. The van der Waals surface area contributed by atoms with Crippen LogP contribution in [0.5, 0.6) is 5.75 Å². The highest BCUT2D eigenvalue weighted by Crippen LogP contribution is 2.39. The zero-order chi connectivity index (χ0) is 33.4. The summed E-state index contributed by atoms with van der Waals surface area (Å²) >= 11 is 0. The molecule has 0 radical (unpaired) electrons. The van der Waals surface area contributed by atoms with Gasteiger partial charge in [-0.1, -0.05) is 45.0 Å². The molecule has 4 aromatic heterocycles. The Morgan fingerprint density at radius 3 is 2.50 bits per heavy atom. The molecule has 12 heteroatoms. The predicted molar refractivity (Wildman–Crippen MR) is 187 cm³/mol. The average molecular weight is 653 g/mol. The van der Waals surface area contributed by atoms with Gasteiger partial charge in [0, 0.05) is 41.9 Å². The molecule has 1 aliphatic carbocycles. The van der Waals surface area contributed by atoms with Crippen molar-refractivity contribution >= 4 is 17.4 Å². The van der Waals surface area contributed by atoms with E-state index < -0.39 is 0 Å². The molecule has 4 atom stereocenters. The van der Waals surface area contributed by atoms with Gasteiger partial charge in [0.2, 0.25) is 5.95 Å². The van der Waals surface area contributed by atoms with Crippen molar-refractivity contribution in [3.05, 3.63) is 77.7 Å². The SMILES string of the molecule is CC1CCCC(C)N1c1nnc2ccc(OC3CCC(NCNc4cc(C(C)(C)C)nn4-c4ccn(CCO)n4)c4ccccc43)cn12. The number of rotatable bonds is 10. The van der Waals surface area contributed by atoms with Crippen molar-refractivity contribution in [1.82, 2.24) is 39.5 Å². The number of nitrogens with zero attached hydrogens (tertiary/aromatic N) is 8. The molecule has 0 bridgehead atoms. The van der Waals surface area contributed by atoms with Gasteiger partial charge in [-0.05, 0) is 69.2 Å². The molecule has 1 aliphatic heterocycles. The van der Waals surface area contributed by atoms with Crippen LogP contribution < -0.4 is 20.3 Å². The molecule has 5 aromatic rings. The first-order valence-corrected chi connectivity index (χ1v) is 17.3. The lowest BCUT2D eigenvalue weighted by atomic mass is 9.85. The lowest BCUT2D eigenvalue weighted by molar-refractivity contribution is 0.172. The van der Waals surface area contributed by atoms with E-state index in [2.05, 4.69) is 106 Å². The Labute approximate surface area is 282 Å². The fourth-order valence-electron chi connectivity index (χ4n) is 7.17. The molecule has 3 N–H and O–H groups in total. The molecule has 12 nitrogen and oxygen atoms in total. The van der Waals surface area contributed by atoms with Crippen LogP contribution in [0.1, 0.15) is 95.7 Å². The molecule has 4 unspecified atom stereocenters. The predicted octanol–water partition coefficient (Wildman–Crippen LogP) is 5.78. The maximum absolute atomic E-state index is 9.35. The van der Waals surface area contributed by atoms with Crippen molar-refractivity contribution in [3.63, 3.8) is 0 Å². The Balaban J connectivity index is 1.06. The summed E-state index contributed by atoms with van der Waals surface area (Å²) in [7, 11) is 0. The Morgan fingerprint density at radius 1 is 0.938 bits per heavy atom. The molecule has 48 heavy (non-hydrogen) atoms. The minimum absolute atomic E-state index is 0.0347. The minimum Gasteiger partial charge on any atom is -0.484 e. The zero-order valence-corrected chi connectivity index (χ0v) is 28.7. The van der Waals surface area contributed by atoms with Crippen molar-refractivity contribution in [2.24, 2.45) is 0 Å². The normalized spacial score (nSPS) is 21.4. The number of hydrogen-bond donors (Lipinski definition) is 3. The van der Waals surface area contributed by atoms with E-state index in [9.17, 15) is 5.11 Å². The molecule has 7 rings (SSSR count). The second-order valence-electron chi connectivity index (χ2n) is 14.3. The summed E-state index contributed by atoms with van der Waals surface area (Å²) in [6.07, 6.45) is 9.26. The van der Waals surface area contributed by atoms with Gasteiger partial charge >= 0.3 is 0 Å². The maximum atomic E-state index is 9.35. The Kier molecular flexibility index (Phi) is 8.86. The van der Waals surface area contributed by atoms with Gasteiger partial charge in [-0.25, -0.2) is 0 Å². The van der Waals surface area contributed by atoms with Crippen molar-refractivity contribution < 1.29 is 9.84 Å². The van der Waals surface area contributed by atoms with Gasteiger partial charge < -0.3 is 20.1 Å². The molecule has 1 fully saturated rings. The molecule has 254 valence electrons. The van der Waals surface area contributed by atoms with E-state index >= 15 is 0 Å². The number of aliphatic hydroxyl groups excluding tert-OH is 1. The van der Waals surface area contributed by atoms with Crippen LogP contribution >= 0.6 is 0 Å². The Morgan fingerprint density at radius 2 is 1.73 bits per heavy atom. The van der Waals surface area contributed by atoms with E-state index in [-0.39, 0.29) is 24.2 Å². The quantitative estimate of drug-likeness (QED) is 0.161. The van der Waals surface area contributed by atoms with Crippen molar-refractivity contribution in [3.8, 4) is 11.6 Å². The molecule has 0 spiro atoms. The van der Waals surface area contributed by atoms with Gasteiger partial charge in [0.15, 0.2) is 11.5 Å². The molecule has 2 aliphatic rings. The van der Waals surface area contributed by atoms with Crippen LogP contribution in [0.2, 0.25) is 0 Å². The summed E-state index contributed by atoms with van der Waals surface area (Å²) in [5.41, 5.74) is 4.15. The van der Waals surface area contributed by atoms with Gasteiger partial charge in [-0.2, -0.15) is 14.9 Å². The fraction of sp³-hybridized carbons (Fsp3) is 0.500. The van der Waals surface area contributed by atoms with Crippen molar-refractivity contribution in [1.29, 1.82) is 0 Å². The van der Waals surface area contributed by atoms with Crippen LogP contribution in [0.15, 0.2) is 60.9 Å². The van der Waals surface area contributed by atoms with Crippen LogP contribution in [0.4, 0.5) is 11.8 Å². The van der Waals surface area contributed by atoms with Crippen molar-refractivity contribution in [2.75, 3.05) is 23.5 Å². The lowest BCUT2D eigenvalue weighted by Gasteiger charge is -2.39. The third kappa shape index (κ3) is 6.38. The Hall–Kier alpha value is -4.42. The highest BCUT2D eigenvalue weighted by Gasteiger charge is 2.30. The van der Waals surface area contributed by atoms with Crippen LogP contribution in [-0.4, -0.2) is 64.6 Å². The molecule has 0 amide bonds. The van der Waals surface area contributed by atoms with Gasteiger partial charge in [0.25, 0.3) is 0 Å². The maximum Gasteiger partial charge on any atom is 0.232 e. The zero-order valence-electron chi connectivity index (χ0n) is 28.7. The van der Waals surface area contributed by atoms with E-state index in [1.165, 1.54) is 17.5 Å². The average Bonchev–Trinajstić information content (AvgIpc) is 3.81. The minimum atomic E-state index is -0.120. The third-order valence-corrected chi connectivity index (χ3v) is 9.76. The van der Waals surface area contributed by atoms with E-state index in [4.69, 9.17) is 9.84 Å². The topological polar surface area (TPSA) is 123 Å². The number of nitrogens with one attached hydrogen (secondary N) is 2. The molecular weight excluding hydrogens is 604 g/mol. The van der Waals surface area contributed by atoms with Crippen molar-refractivity contribution in [2.45, 2.75) is 103 Å². The summed E-state index contributed by atoms with van der Waals surface area (Å²) in [5, 5.41) is 35.2. The van der Waals surface area contributed by atoms with Gasteiger partial charge in [0.1, 0.15) is 17.7 Å². The first-order chi connectivity index (χ1) is 23.2. The standard InChI is InChI=1S/C36H48N10O2/c1-24-9-8-10-25(2)45(24)35-40-39-32-16-13-26(22-44(32)35)48-30-15-14-29(27-11-6-7-12-28(27)30)37-23-38-34-21-31(36(3,4)5)41-46(34)33-17-18-43(42-33)19-20-47/h6-7,11-13,16-18,21-22,24-25,29-30,37-38,47H,8-10,14-15,19-20,23H2,1-5H3. The number of piperidine rings is 1. The number of fused-ring (bicyclic) bond motifs is 2. The highest BCUT2D eigenvalue weighted by atomic mass is 16.5. The highest BCUT2D eigenvalue weighted by molar-refractivity contribution is 5.50. The number of aliphatic hydroxyl groups is 1. The van der Waals surface area contributed by atoms with Gasteiger partial charge in [-0.15, -0.1) is 10.2 Å². The summed E-state index contributed by atoms with van der Waals surface area (Å²) in [6, 6.07) is 17.6. The van der Waals surface area contributed by atoms with E-state index in [0.29, 0.717) is 31.1 Å². The first kappa shape index (κ1) is 32.1. The molecular formula is C36H48N10O2. The van der Waals surface area contributed by atoms with Gasteiger partial charge in [0.05, 0.1) is 31.7 Å². The summed E-state index contributed by atoms with van der Waals surface area (Å²) < 4.78 is 12.4. The summed E-state index contributed by atoms with van der Waals surface area (Å²) in [4.78, 5) is 2.41. The smallest absolute Gasteiger partial charge is 0.232 e. The third-order valence-electron chi connectivity index (χ3n) is 9.76. The van der Waals surface area contributed by atoms with E-state index in [0.717, 1.165) is 54.5 Å². The number of benzene rings is 1. The number of pyridine rings is 1. The molecule has 0 saturated carbocycles. The van der Waals surface area contributed by atoms with Crippen LogP contribution in [0, 0.1) is 0 Å². The molecule has 1 aromatic carbocycles. The number of anilines is 2.